The van der Waals surface area contributed by atoms with Crippen molar-refractivity contribution in [3.8, 4) is 11.4 Å². The lowest BCUT2D eigenvalue weighted by Crippen LogP contribution is -1.95. The average Bonchev–Trinajstić information content (AvgIpc) is 3.82. The molecule has 3 nitrogen and oxygen atoms in total. The Hall–Kier alpha value is -6.84. The highest BCUT2D eigenvalue weighted by molar-refractivity contribution is 6.22. The summed E-state index contributed by atoms with van der Waals surface area (Å²) in [7, 11) is 0. The van der Waals surface area contributed by atoms with Crippen LogP contribution in [0.1, 0.15) is 0 Å². The normalized spacial score (nSPS) is 12.3. The molecule has 0 unspecified atom stereocenters. The Kier molecular flexibility index (Phi) is 5.23. The molecule has 0 aliphatic carbocycles. The lowest BCUT2D eigenvalue weighted by Gasteiger charge is -2.12. The first-order valence-electron chi connectivity index (χ1n) is 17.5. The second kappa shape index (κ2) is 9.87. The number of rotatable bonds is 2. The van der Waals surface area contributed by atoms with Crippen molar-refractivity contribution in [3.63, 3.8) is 0 Å². The predicted molar refractivity (Wildman–Crippen MR) is 215 cm³/mol. The highest BCUT2D eigenvalue weighted by Crippen LogP contribution is 2.42. The van der Waals surface area contributed by atoms with Gasteiger partial charge >= 0.3 is 0 Å². The summed E-state index contributed by atoms with van der Waals surface area (Å²) in [6.45, 7) is 0. The second-order valence-corrected chi connectivity index (χ2v) is 13.7. The summed E-state index contributed by atoms with van der Waals surface area (Å²) in [6, 6.07) is 61.8. The quantitative estimate of drug-likeness (QED) is 0.183. The number of aromatic nitrogens is 2. The van der Waals surface area contributed by atoms with Gasteiger partial charge in [-0.15, -0.1) is 0 Å². The fraction of sp³-hybridized carbons (Fsp3) is 0. The van der Waals surface area contributed by atoms with Crippen LogP contribution in [0, 0.1) is 0 Å². The van der Waals surface area contributed by atoms with Gasteiger partial charge in [0.1, 0.15) is 11.2 Å². The van der Waals surface area contributed by atoms with Crippen LogP contribution in [0.2, 0.25) is 0 Å². The van der Waals surface area contributed by atoms with Crippen molar-refractivity contribution in [2.24, 2.45) is 0 Å². The van der Waals surface area contributed by atoms with E-state index >= 15 is 0 Å². The van der Waals surface area contributed by atoms with Crippen molar-refractivity contribution in [2.45, 2.75) is 0 Å². The molecule has 0 atom stereocenters. The second-order valence-electron chi connectivity index (χ2n) is 13.7. The topological polar surface area (TPSA) is 23.0 Å². The molecule has 236 valence electrons. The molecular formula is C48H28N2O. The van der Waals surface area contributed by atoms with Gasteiger partial charge in [0.25, 0.3) is 0 Å². The molecule has 0 radical (unpaired) electrons. The van der Waals surface area contributed by atoms with Crippen LogP contribution < -0.4 is 0 Å². The van der Waals surface area contributed by atoms with Gasteiger partial charge < -0.3 is 13.6 Å². The van der Waals surface area contributed by atoms with E-state index in [2.05, 4.69) is 179 Å². The molecular weight excluding hydrogens is 621 g/mol. The third kappa shape index (κ3) is 3.67. The monoisotopic (exact) mass is 648 g/mol. The Balaban J connectivity index is 1.11. The Morgan fingerprint density at radius 3 is 1.55 bits per heavy atom. The standard InChI is InChI=1S/C48H28N2O/c1-3-12-31-26-44-39(24-29(31)10-1)34-14-5-7-17-41(34)49(44)33-20-21-38-47(28-33)51-46-23-22-36-37(48(38)46)16-9-19-43(36)50-42-18-8-6-15-35(42)40-25-30-11-2-4-13-32(30)27-45(40)50/h1-28H. The lowest BCUT2D eigenvalue weighted by molar-refractivity contribution is 0.669. The van der Waals surface area contributed by atoms with E-state index in [9.17, 15) is 0 Å². The third-order valence-electron chi connectivity index (χ3n) is 11.0. The highest BCUT2D eigenvalue weighted by atomic mass is 16.3. The minimum absolute atomic E-state index is 0.885. The van der Waals surface area contributed by atoms with Gasteiger partial charge in [0, 0.05) is 49.5 Å². The van der Waals surface area contributed by atoms with E-state index in [1.807, 2.05) is 0 Å². The smallest absolute Gasteiger partial charge is 0.137 e. The minimum atomic E-state index is 0.885. The molecule has 0 aliphatic rings. The number of furan rings is 1. The van der Waals surface area contributed by atoms with Gasteiger partial charge in [-0.05, 0) is 93.7 Å². The number of benzene rings is 9. The van der Waals surface area contributed by atoms with Crippen molar-refractivity contribution < 1.29 is 4.42 Å². The van der Waals surface area contributed by atoms with E-state index in [4.69, 9.17) is 4.42 Å². The molecule has 51 heavy (non-hydrogen) atoms. The van der Waals surface area contributed by atoms with Gasteiger partial charge in [0.2, 0.25) is 0 Å². The van der Waals surface area contributed by atoms with Crippen LogP contribution in [0.15, 0.2) is 174 Å². The van der Waals surface area contributed by atoms with Crippen LogP contribution in [-0.2, 0) is 0 Å². The van der Waals surface area contributed by atoms with Gasteiger partial charge in [0.15, 0.2) is 0 Å². The van der Waals surface area contributed by atoms with Gasteiger partial charge in [-0.2, -0.15) is 0 Å². The molecule has 0 saturated heterocycles. The molecule has 12 rings (SSSR count). The first kappa shape index (κ1) is 27.0. The van der Waals surface area contributed by atoms with Crippen LogP contribution in [-0.4, -0.2) is 9.13 Å². The van der Waals surface area contributed by atoms with Crippen molar-refractivity contribution in [2.75, 3.05) is 0 Å². The summed E-state index contributed by atoms with van der Waals surface area (Å²) in [5, 5.41) is 14.7. The van der Waals surface area contributed by atoms with Crippen LogP contribution >= 0.6 is 0 Å². The van der Waals surface area contributed by atoms with E-state index < -0.39 is 0 Å². The summed E-state index contributed by atoms with van der Waals surface area (Å²) in [6.07, 6.45) is 0. The molecule has 0 aliphatic heterocycles. The Bertz CT molecular complexity index is 3430. The fourth-order valence-corrected chi connectivity index (χ4v) is 8.79. The van der Waals surface area contributed by atoms with E-state index in [-0.39, 0.29) is 0 Å². The highest BCUT2D eigenvalue weighted by Gasteiger charge is 2.19. The van der Waals surface area contributed by atoms with Crippen LogP contribution in [0.4, 0.5) is 0 Å². The average molecular weight is 649 g/mol. The molecule has 9 aromatic carbocycles. The summed E-state index contributed by atoms with van der Waals surface area (Å²) in [4.78, 5) is 0. The summed E-state index contributed by atoms with van der Waals surface area (Å²) >= 11 is 0. The van der Waals surface area contributed by atoms with E-state index in [1.165, 1.54) is 81.6 Å². The summed E-state index contributed by atoms with van der Waals surface area (Å²) in [5.74, 6) is 0. The summed E-state index contributed by atoms with van der Waals surface area (Å²) in [5.41, 5.74) is 8.83. The van der Waals surface area contributed by atoms with E-state index in [0.717, 1.165) is 27.6 Å². The maximum Gasteiger partial charge on any atom is 0.137 e. The Morgan fingerprint density at radius 2 is 0.863 bits per heavy atom. The molecule has 12 aromatic rings. The SMILES string of the molecule is c1ccc2cc3c(cc2c1)c1ccccc1n3-c1ccc2c(c1)oc1ccc3c(-n4c5ccccc5c5cc6ccccc6cc54)cccc3c12. The number of nitrogens with zero attached hydrogens (tertiary/aromatic N) is 2. The Labute approximate surface area is 291 Å². The van der Waals surface area contributed by atoms with Crippen LogP contribution in [0.5, 0.6) is 0 Å². The first-order valence-corrected chi connectivity index (χ1v) is 17.5. The zero-order valence-corrected chi connectivity index (χ0v) is 27.5. The molecule has 3 aromatic heterocycles. The van der Waals surface area contributed by atoms with Crippen LogP contribution in [0.25, 0.3) is 109 Å². The number of para-hydroxylation sites is 2. The van der Waals surface area contributed by atoms with Gasteiger partial charge in [0.05, 0.1) is 27.8 Å². The third-order valence-corrected chi connectivity index (χ3v) is 11.0. The van der Waals surface area contributed by atoms with Crippen molar-refractivity contribution in [3.05, 3.63) is 170 Å². The maximum absolute atomic E-state index is 6.69. The van der Waals surface area contributed by atoms with Gasteiger partial charge in [-0.1, -0.05) is 97.1 Å². The molecule has 3 heteroatoms. The van der Waals surface area contributed by atoms with Crippen LogP contribution in [0.3, 0.4) is 0 Å². The Morgan fingerprint density at radius 1 is 0.314 bits per heavy atom. The lowest BCUT2D eigenvalue weighted by atomic mass is 10.0. The minimum Gasteiger partial charge on any atom is -0.456 e. The zero-order valence-electron chi connectivity index (χ0n) is 27.5. The maximum atomic E-state index is 6.69. The van der Waals surface area contributed by atoms with Gasteiger partial charge in [-0.25, -0.2) is 0 Å². The first-order chi connectivity index (χ1) is 25.3. The predicted octanol–water partition coefficient (Wildman–Crippen LogP) is 13.2. The van der Waals surface area contributed by atoms with E-state index in [0.29, 0.717) is 0 Å². The number of hydrogen-bond donors (Lipinski definition) is 0. The molecule has 0 N–H and O–H groups in total. The van der Waals surface area contributed by atoms with Crippen molar-refractivity contribution in [1.29, 1.82) is 0 Å². The zero-order chi connectivity index (χ0) is 33.2. The largest absolute Gasteiger partial charge is 0.456 e. The molecule has 0 fully saturated rings. The number of hydrogen-bond acceptors (Lipinski definition) is 1. The molecule has 0 bridgehead atoms. The van der Waals surface area contributed by atoms with Crippen molar-refractivity contribution >= 4 is 97.9 Å². The molecule has 0 saturated carbocycles. The van der Waals surface area contributed by atoms with Gasteiger partial charge in [-0.3, -0.25) is 0 Å². The fourth-order valence-electron chi connectivity index (χ4n) is 8.79. The van der Waals surface area contributed by atoms with Crippen molar-refractivity contribution in [1.82, 2.24) is 9.13 Å². The number of fused-ring (bicyclic) bond motifs is 13. The van der Waals surface area contributed by atoms with E-state index in [1.54, 1.807) is 0 Å². The molecule has 3 heterocycles. The molecule has 0 spiro atoms. The summed E-state index contributed by atoms with van der Waals surface area (Å²) < 4.78 is 11.5. The molecule has 0 amide bonds.